The molecule has 0 bridgehead atoms. The molecule has 12 heteroatoms. The molecule has 3 N–H and O–H groups in total. The topological polar surface area (TPSA) is 132 Å². The van der Waals surface area contributed by atoms with Gasteiger partial charge in [-0.05, 0) is 18.2 Å². The summed E-state index contributed by atoms with van der Waals surface area (Å²) in [5.41, 5.74) is 3.16. The van der Waals surface area contributed by atoms with E-state index in [0.717, 1.165) is 22.6 Å². The summed E-state index contributed by atoms with van der Waals surface area (Å²) >= 11 is 1.14. The Morgan fingerprint density at radius 3 is 2.48 bits per heavy atom. The molecule has 1 aromatic carbocycles. The smallest absolute Gasteiger partial charge is 0.286 e. The Labute approximate surface area is 170 Å². The van der Waals surface area contributed by atoms with Crippen molar-refractivity contribution in [2.24, 2.45) is 0 Å². The lowest BCUT2D eigenvalue weighted by Crippen LogP contribution is -2.48. The highest BCUT2D eigenvalue weighted by Gasteiger charge is 2.29. The van der Waals surface area contributed by atoms with Gasteiger partial charge < -0.3 is 4.90 Å². The molecule has 1 amide bonds. The first-order valence-corrected chi connectivity index (χ1v) is 11.0. The van der Waals surface area contributed by atoms with E-state index >= 15 is 0 Å². The number of rotatable bonds is 5. The monoisotopic (exact) mass is 434 g/mol. The average molecular weight is 435 g/mol. The average Bonchev–Trinajstić information content (AvgIpc) is 3.46. The summed E-state index contributed by atoms with van der Waals surface area (Å²) in [6.07, 6.45) is 3.09. The summed E-state index contributed by atoms with van der Waals surface area (Å²) in [5.74, 6) is -0.617. The second kappa shape index (κ2) is 7.91. The second-order valence-electron chi connectivity index (χ2n) is 6.32. The van der Waals surface area contributed by atoms with E-state index < -0.39 is 15.9 Å². The molecule has 29 heavy (non-hydrogen) atoms. The fourth-order valence-electron chi connectivity index (χ4n) is 3.06. The summed E-state index contributed by atoms with van der Waals surface area (Å²) in [5, 5.41) is 16.1. The Morgan fingerprint density at radius 1 is 1.14 bits per heavy atom. The summed E-state index contributed by atoms with van der Waals surface area (Å²) < 4.78 is 27.4. The van der Waals surface area contributed by atoms with Crippen LogP contribution in [0.1, 0.15) is 9.67 Å². The second-order valence-corrected chi connectivity index (χ2v) is 9.27. The molecule has 0 unspecified atom stereocenters. The van der Waals surface area contributed by atoms with E-state index in [1.54, 1.807) is 35.9 Å². The lowest BCUT2D eigenvalue weighted by molar-refractivity contribution is 0.0710. The number of benzene rings is 1. The van der Waals surface area contributed by atoms with Gasteiger partial charge in [0.2, 0.25) is 10.0 Å². The number of amides is 1. The van der Waals surface area contributed by atoms with Gasteiger partial charge in [0.15, 0.2) is 5.13 Å². The van der Waals surface area contributed by atoms with Crippen molar-refractivity contribution < 1.29 is 18.4 Å². The minimum atomic E-state index is -3.60. The lowest BCUT2D eigenvalue weighted by Gasteiger charge is -2.33. The molecule has 1 fully saturated rings. The number of aromatic nitrogens is 3. The van der Waals surface area contributed by atoms with Crippen LogP contribution in [0.5, 0.6) is 0 Å². The van der Waals surface area contributed by atoms with Gasteiger partial charge in [-0.1, -0.05) is 23.5 Å². The molecule has 3 aromatic rings. The molecule has 0 saturated carbocycles. The van der Waals surface area contributed by atoms with Crippen LogP contribution in [0.2, 0.25) is 0 Å². The number of H-pyrrole nitrogens is 1. The van der Waals surface area contributed by atoms with E-state index in [1.807, 2.05) is 11.0 Å². The van der Waals surface area contributed by atoms with E-state index in [0.29, 0.717) is 31.3 Å². The maximum Gasteiger partial charge on any atom is 0.286 e. The van der Waals surface area contributed by atoms with Crippen LogP contribution in [0.25, 0.3) is 11.3 Å². The van der Waals surface area contributed by atoms with Crippen molar-refractivity contribution >= 4 is 32.4 Å². The zero-order valence-electron chi connectivity index (χ0n) is 15.1. The highest BCUT2D eigenvalue weighted by molar-refractivity contribution is 7.89. The van der Waals surface area contributed by atoms with Crippen molar-refractivity contribution in [3.05, 3.63) is 47.6 Å². The first-order valence-electron chi connectivity index (χ1n) is 8.74. The van der Waals surface area contributed by atoms with Gasteiger partial charge >= 0.3 is 0 Å². The number of piperazine rings is 1. The van der Waals surface area contributed by atoms with Crippen molar-refractivity contribution in [3.8, 4) is 11.3 Å². The molecular formula is C17H18N6O4S2. The molecule has 0 spiro atoms. The highest BCUT2D eigenvalue weighted by atomic mass is 32.2. The Hall–Kier alpha value is -2.80. The van der Waals surface area contributed by atoms with Crippen molar-refractivity contribution in [1.29, 1.82) is 0 Å². The first kappa shape index (κ1) is 19.5. The van der Waals surface area contributed by atoms with Gasteiger partial charge in [0, 0.05) is 37.9 Å². The standard InChI is InChI=1S/C17H18N6O4S2/c24-16(21-25)15-11-18-17(28-15)22-7-9-23(10-8-22)29(26,27)13-3-1-12(2-4-13)14-5-6-19-20-14/h1-6,11,25H,7-10H2,(H,19,20)(H,21,24). The minimum absolute atomic E-state index is 0.237. The number of nitrogens with one attached hydrogen (secondary N) is 2. The number of nitrogens with zero attached hydrogens (tertiary/aromatic N) is 4. The molecule has 0 radical (unpaired) electrons. The minimum Gasteiger partial charge on any atom is -0.345 e. The third-order valence-corrected chi connectivity index (χ3v) is 7.59. The van der Waals surface area contributed by atoms with Crippen LogP contribution in [0, 0.1) is 0 Å². The SMILES string of the molecule is O=C(NO)c1cnc(N2CCN(S(=O)(=O)c3ccc(-c4cc[nH]n4)cc3)CC2)s1. The van der Waals surface area contributed by atoms with Gasteiger partial charge in [-0.25, -0.2) is 18.9 Å². The Bertz CT molecular complexity index is 1090. The number of carbonyl (C=O) groups excluding carboxylic acids is 1. The molecule has 3 heterocycles. The van der Waals surface area contributed by atoms with Crippen molar-refractivity contribution in [3.63, 3.8) is 0 Å². The van der Waals surface area contributed by atoms with Gasteiger partial charge in [-0.2, -0.15) is 9.40 Å². The van der Waals surface area contributed by atoms with Crippen LogP contribution >= 0.6 is 11.3 Å². The fraction of sp³-hybridized carbons (Fsp3) is 0.235. The van der Waals surface area contributed by atoms with Crippen LogP contribution in [0.15, 0.2) is 47.6 Å². The van der Waals surface area contributed by atoms with E-state index in [1.165, 1.54) is 10.5 Å². The van der Waals surface area contributed by atoms with Gasteiger partial charge in [0.1, 0.15) is 4.88 Å². The van der Waals surface area contributed by atoms with E-state index in [9.17, 15) is 13.2 Å². The van der Waals surface area contributed by atoms with Crippen LogP contribution in [0.4, 0.5) is 5.13 Å². The van der Waals surface area contributed by atoms with Gasteiger partial charge in [-0.3, -0.25) is 15.1 Å². The zero-order chi connectivity index (χ0) is 20.4. The molecule has 1 saturated heterocycles. The van der Waals surface area contributed by atoms with Gasteiger partial charge in [0.25, 0.3) is 5.91 Å². The van der Waals surface area contributed by atoms with Crippen molar-refractivity contribution in [2.45, 2.75) is 4.90 Å². The fourth-order valence-corrected chi connectivity index (χ4v) is 5.34. The Kier molecular flexibility index (Phi) is 5.32. The summed E-state index contributed by atoms with van der Waals surface area (Å²) in [7, 11) is -3.60. The molecular weight excluding hydrogens is 416 g/mol. The predicted octanol–water partition coefficient (Wildman–Crippen LogP) is 1.16. The molecule has 1 aliphatic heterocycles. The van der Waals surface area contributed by atoms with Gasteiger partial charge in [-0.15, -0.1) is 0 Å². The lowest BCUT2D eigenvalue weighted by atomic mass is 10.2. The molecule has 2 aromatic heterocycles. The number of aromatic amines is 1. The first-order chi connectivity index (χ1) is 14.0. The van der Waals surface area contributed by atoms with E-state index in [-0.39, 0.29) is 9.77 Å². The van der Waals surface area contributed by atoms with E-state index in [4.69, 9.17) is 5.21 Å². The Morgan fingerprint density at radius 2 is 1.86 bits per heavy atom. The van der Waals surface area contributed by atoms with Gasteiger partial charge in [0.05, 0.1) is 16.8 Å². The van der Waals surface area contributed by atoms with E-state index in [2.05, 4.69) is 15.2 Å². The number of anilines is 1. The summed E-state index contributed by atoms with van der Waals surface area (Å²) in [4.78, 5) is 18.1. The van der Waals surface area contributed by atoms with Crippen LogP contribution in [-0.4, -0.2) is 65.2 Å². The molecule has 1 aliphatic rings. The maximum absolute atomic E-state index is 13.0. The quantitative estimate of drug-likeness (QED) is 0.406. The number of thiazole rings is 1. The molecule has 0 aliphatic carbocycles. The number of hydroxylamine groups is 1. The maximum atomic E-state index is 13.0. The predicted molar refractivity (Wildman–Crippen MR) is 106 cm³/mol. The number of hydrogen-bond acceptors (Lipinski definition) is 8. The largest absolute Gasteiger partial charge is 0.345 e. The number of hydrogen-bond donors (Lipinski definition) is 3. The molecule has 0 atom stereocenters. The van der Waals surface area contributed by atoms with Crippen LogP contribution in [0.3, 0.4) is 0 Å². The normalized spacial score (nSPS) is 15.4. The van der Waals surface area contributed by atoms with Crippen LogP contribution in [-0.2, 0) is 10.0 Å². The summed E-state index contributed by atoms with van der Waals surface area (Å²) in [6.45, 7) is 1.53. The molecule has 10 nitrogen and oxygen atoms in total. The van der Waals surface area contributed by atoms with Crippen molar-refractivity contribution in [2.75, 3.05) is 31.1 Å². The Balaban J connectivity index is 1.43. The number of carbonyl (C=O) groups is 1. The third-order valence-electron chi connectivity index (χ3n) is 4.62. The van der Waals surface area contributed by atoms with Crippen molar-refractivity contribution in [1.82, 2.24) is 25.0 Å². The highest BCUT2D eigenvalue weighted by Crippen LogP contribution is 2.26. The summed E-state index contributed by atoms with van der Waals surface area (Å²) in [6, 6.07) is 8.47. The number of sulfonamides is 1. The molecule has 152 valence electrons. The van der Waals surface area contributed by atoms with Crippen LogP contribution < -0.4 is 10.4 Å². The third kappa shape index (κ3) is 3.87. The molecule has 4 rings (SSSR count). The zero-order valence-corrected chi connectivity index (χ0v) is 16.8.